The van der Waals surface area contributed by atoms with Crippen molar-refractivity contribution in [3.05, 3.63) is 277 Å². The molecule has 0 radical (unpaired) electrons. The predicted octanol–water partition coefficient (Wildman–Crippen LogP) is 19.8. The highest BCUT2D eigenvalue weighted by Gasteiger charge is 2.21. The maximum Gasteiger partial charge on any atom is 0.0541 e. The van der Waals surface area contributed by atoms with Gasteiger partial charge >= 0.3 is 0 Å². The fourth-order valence-corrected chi connectivity index (χ4v) is 12.0. The molecule has 3 aromatic heterocycles. The Morgan fingerprint density at radius 2 is 0.805 bits per heavy atom. The van der Waals surface area contributed by atoms with Crippen LogP contribution in [0.3, 0.4) is 0 Å². The molecule has 9 aromatic carbocycles. The minimum atomic E-state index is 1.07. The number of anilines is 3. The van der Waals surface area contributed by atoms with E-state index in [1.165, 1.54) is 77.0 Å². The van der Waals surface area contributed by atoms with Crippen molar-refractivity contribution in [2.45, 2.75) is 39.5 Å². The van der Waals surface area contributed by atoms with Crippen LogP contribution in [0.4, 0.5) is 17.1 Å². The Hall–Kier alpha value is -9.51. The normalized spacial score (nSPS) is 13.4. The highest BCUT2D eigenvalue weighted by molar-refractivity contribution is 6.12. The molecule has 368 valence electrons. The van der Waals surface area contributed by atoms with Gasteiger partial charge in [-0.1, -0.05) is 158 Å². The second-order valence-corrected chi connectivity index (χ2v) is 20.7. The lowest BCUT2D eigenvalue weighted by Gasteiger charge is -2.29. The van der Waals surface area contributed by atoms with Crippen molar-refractivity contribution in [1.82, 2.24) is 14.1 Å². The average molecular weight is 989 g/mol. The van der Waals surface area contributed by atoms with Crippen molar-refractivity contribution < 1.29 is 0 Å². The molecule has 0 saturated carbocycles. The summed E-state index contributed by atoms with van der Waals surface area (Å²) in [5.41, 5.74) is 24.6. The lowest BCUT2D eigenvalue weighted by Crippen LogP contribution is -2.13. The molecule has 4 nitrogen and oxygen atoms in total. The molecular weight excluding hydrogens is 933 g/mol. The summed E-state index contributed by atoms with van der Waals surface area (Å²) in [6.45, 7) is 4.41. The van der Waals surface area contributed by atoms with E-state index in [-0.39, 0.29) is 0 Å². The topological polar surface area (TPSA) is 26.0 Å². The molecule has 0 saturated heterocycles. The van der Waals surface area contributed by atoms with Crippen LogP contribution in [0.25, 0.3) is 99.5 Å². The van der Waals surface area contributed by atoms with Gasteiger partial charge in [0.2, 0.25) is 0 Å². The summed E-state index contributed by atoms with van der Waals surface area (Å²) < 4.78 is 4.86. The van der Waals surface area contributed by atoms with Gasteiger partial charge in [0.15, 0.2) is 0 Å². The number of pyridine rings is 1. The Morgan fingerprint density at radius 3 is 1.32 bits per heavy atom. The molecule has 0 spiro atoms. The number of allylic oxidation sites excluding steroid dienone is 8. The summed E-state index contributed by atoms with van der Waals surface area (Å²) in [4.78, 5) is 7.26. The smallest absolute Gasteiger partial charge is 0.0541 e. The number of hydrogen-bond acceptors (Lipinski definition) is 2. The summed E-state index contributed by atoms with van der Waals surface area (Å²) in [7, 11) is 0. The molecule has 0 aliphatic heterocycles. The van der Waals surface area contributed by atoms with Crippen LogP contribution in [0.15, 0.2) is 255 Å². The van der Waals surface area contributed by atoms with Crippen molar-refractivity contribution in [3.8, 4) is 44.8 Å². The zero-order valence-electron chi connectivity index (χ0n) is 43.4. The fraction of sp³-hybridized carbons (Fsp3) is 0.0822. The van der Waals surface area contributed by atoms with Gasteiger partial charge in [-0.3, -0.25) is 4.98 Å². The summed E-state index contributed by atoms with van der Waals surface area (Å²) in [5, 5.41) is 5.02. The highest BCUT2D eigenvalue weighted by Crippen LogP contribution is 2.44. The first-order valence-corrected chi connectivity index (χ1v) is 27.0. The SMILES string of the molecule is Cc1ccccc1N(c1cc(-c2ccc(-c3cncc(-c4ccc(-n5c6ccc(C7=CCCC=C7)cc6c6cc(C7=CCCC=C7)ccc65)cc4)c3)cc2)cc(-n2c3ccccc3c3ccccc32)c1)c1ccccc1C. The van der Waals surface area contributed by atoms with Gasteiger partial charge in [0.1, 0.15) is 0 Å². The second kappa shape index (κ2) is 19.3. The molecule has 0 bridgehead atoms. The number of fused-ring (bicyclic) bond motifs is 6. The molecule has 0 unspecified atom stereocenters. The number of hydrogen-bond donors (Lipinski definition) is 0. The number of para-hydroxylation sites is 4. The predicted molar refractivity (Wildman–Crippen MR) is 326 cm³/mol. The van der Waals surface area contributed by atoms with Crippen LogP contribution in [0, 0.1) is 13.8 Å². The van der Waals surface area contributed by atoms with Gasteiger partial charge in [0.05, 0.1) is 22.1 Å². The molecule has 77 heavy (non-hydrogen) atoms. The minimum Gasteiger partial charge on any atom is -0.310 e. The van der Waals surface area contributed by atoms with Crippen LogP contribution in [-0.4, -0.2) is 14.1 Å². The van der Waals surface area contributed by atoms with Crippen LogP contribution in [-0.2, 0) is 0 Å². The summed E-state index contributed by atoms with van der Waals surface area (Å²) in [5.74, 6) is 0. The van der Waals surface area contributed by atoms with Crippen LogP contribution in [0.5, 0.6) is 0 Å². The lowest BCUT2D eigenvalue weighted by molar-refractivity contribution is 1.04. The van der Waals surface area contributed by atoms with Gasteiger partial charge in [-0.2, -0.15) is 0 Å². The molecule has 12 aromatic rings. The monoisotopic (exact) mass is 988 g/mol. The van der Waals surface area contributed by atoms with Gasteiger partial charge in [-0.25, -0.2) is 0 Å². The fourth-order valence-electron chi connectivity index (χ4n) is 12.0. The molecule has 2 aliphatic rings. The van der Waals surface area contributed by atoms with Crippen LogP contribution in [0.1, 0.15) is 47.9 Å². The molecule has 0 fully saturated rings. The molecule has 4 heteroatoms. The summed E-state index contributed by atoms with van der Waals surface area (Å²) in [6.07, 6.45) is 22.2. The number of rotatable bonds is 10. The first kappa shape index (κ1) is 46.1. The van der Waals surface area contributed by atoms with Gasteiger partial charge in [-0.05, 0) is 180 Å². The standard InChI is InChI=1S/C73H56N4/c1-49-17-9-13-25-68(49)76(69-26-14-10-18-50(69)2)62-42-58(43-63(46-62)77-70-27-15-11-23-64(70)65-24-12-16-28-71(65)77)53-29-31-54(32-30-53)59-41-60(48-74-47-59)55-33-37-61(38-34-55)75-72-39-35-56(51-19-5-3-6-20-51)44-66(72)67-45-57(36-40-73(67)75)52-21-7-4-8-22-52/h5,7,9-48H,3-4,6,8H2,1-2H3. The molecule has 0 amide bonds. The number of benzene rings is 9. The van der Waals surface area contributed by atoms with E-state index in [0.29, 0.717) is 0 Å². The Labute approximate surface area is 450 Å². The molecule has 14 rings (SSSR count). The molecule has 3 heterocycles. The minimum absolute atomic E-state index is 1.07. The maximum absolute atomic E-state index is 4.83. The molecule has 0 atom stereocenters. The Kier molecular flexibility index (Phi) is 11.6. The van der Waals surface area contributed by atoms with Crippen molar-refractivity contribution in [2.24, 2.45) is 0 Å². The first-order chi connectivity index (χ1) is 38.0. The van der Waals surface area contributed by atoms with E-state index < -0.39 is 0 Å². The van der Waals surface area contributed by atoms with E-state index in [9.17, 15) is 0 Å². The first-order valence-electron chi connectivity index (χ1n) is 27.0. The van der Waals surface area contributed by atoms with E-state index in [1.54, 1.807) is 0 Å². The van der Waals surface area contributed by atoms with Gasteiger partial charge in [0, 0.05) is 73.5 Å². The second-order valence-electron chi connectivity index (χ2n) is 20.7. The van der Waals surface area contributed by atoms with Crippen LogP contribution >= 0.6 is 0 Å². The van der Waals surface area contributed by atoms with E-state index in [1.807, 2.05) is 12.4 Å². The quantitative estimate of drug-likeness (QED) is 0.136. The lowest BCUT2D eigenvalue weighted by atomic mass is 9.96. The molecule has 0 N–H and O–H groups in total. The Morgan fingerprint density at radius 1 is 0.351 bits per heavy atom. The van der Waals surface area contributed by atoms with Crippen LogP contribution in [0.2, 0.25) is 0 Å². The number of nitrogens with zero attached hydrogens (tertiary/aromatic N) is 4. The third-order valence-corrected chi connectivity index (χ3v) is 15.9. The third-order valence-electron chi connectivity index (χ3n) is 15.9. The number of aromatic nitrogens is 3. The largest absolute Gasteiger partial charge is 0.310 e. The van der Waals surface area contributed by atoms with Crippen molar-refractivity contribution in [1.29, 1.82) is 0 Å². The van der Waals surface area contributed by atoms with E-state index in [4.69, 9.17) is 4.98 Å². The van der Waals surface area contributed by atoms with E-state index in [2.05, 4.69) is 271 Å². The van der Waals surface area contributed by atoms with Gasteiger partial charge < -0.3 is 14.0 Å². The Bertz CT molecular complexity index is 4210. The third kappa shape index (κ3) is 8.30. The van der Waals surface area contributed by atoms with Gasteiger partial charge in [0.25, 0.3) is 0 Å². The zero-order chi connectivity index (χ0) is 51.4. The molecule has 2 aliphatic carbocycles. The maximum atomic E-state index is 4.83. The number of aryl methyl sites for hydroxylation is 2. The average Bonchev–Trinajstić information content (AvgIpc) is 4.13. The van der Waals surface area contributed by atoms with Crippen molar-refractivity contribution >= 4 is 71.8 Å². The Balaban J connectivity index is 0.828. The van der Waals surface area contributed by atoms with Crippen molar-refractivity contribution in [3.63, 3.8) is 0 Å². The highest BCUT2D eigenvalue weighted by atomic mass is 15.1. The zero-order valence-corrected chi connectivity index (χ0v) is 43.4. The van der Waals surface area contributed by atoms with Crippen molar-refractivity contribution in [2.75, 3.05) is 4.90 Å². The molecular formula is C73H56N4. The summed E-state index contributed by atoms with van der Waals surface area (Å²) in [6, 6.07) is 76.3. The van der Waals surface area contributed by atoms with Crippen LogP contribution < -0.4 is 4.90 Å². The van der Waals surface area contributed by atoms with E-state index in [0.717, 1.165) is 87.5 Å². The van der Waals surface area contributed by atoms with E-state index >= 15 is 0 Å². The summed E-state index contributed by atoms with van der Waals surface area (Å²) >= 11 is 0. The van der Waals surface area contributed by atoms with Gasteiger partial charge in [-0.15, -0.1) is 0 Å².